The van der Waals surface area contributed by atoms with Crippen LogP contribution in [0.5, 0.6) is 0 Å². The Balaban J connectivity index is 2.32. The summed E-state index contributed by atoms with van der Waals surface area (Å²) in [5, 5.41) is 0. The Hall–Kier alpha value is -0.500. The second kappa shape index (κ2) is 4.39. The van der Waals surface area contributed by atoms with E-state index in [4.69, 9.17) is 11.6 Å². The van der Waals surface area contributed by atoms with Crippen molar-refractivity contribution in [2.24, 2.45) is 7.05 Å². The second-order valence-corrected chi connectivity index (χ2v) is 2.98. The average molecular weight is 173 g/mol. The first-order valence-electron chi connectivity index (χ1n) is 3.86. The SMILES string of the molecule is Cn1ccnc1CCCCCl. The van der Waals surface area contributed by atoms with Crippen molar-refractivity contribution in [1.29, 1.82) is 0 Å². The van der Waals surface area contributed by atoms with Crippen molar-refractivity contribution < 1.29 is 0 Å². The van der Waals surface area contributed by atoms with Crippen molar-refractivity contribution in [3.8, 4) is 0 Å². The van der Waals surface area contributed by atoms with Gasteiger partial charge in [-0.15, -0.1) is 11.6 Å². The first-order chi connectivity index (χ1) is 5.34. The molecule has 62 valence electrons. The van der Waals surface area contributed by atoms with Crippen LogP contribution in [0, 0.1) is 0 Å². The molecule has 1 heterocycles. The van der Waals surface area contributed by atoms with E-state index < -0.39 is 0 Å². The molecule has 0 amide bonds. The van der Waals surface area contributed by atoms with Crippen LogP contribution in [-0.4, -0.2) is 15.4 Å². The Morgan fingerprint density at radius 1 is 1.55 bits per heavy atom. The van der Waals surface area contributed by atoms with E-state index >= 15 is 0 Å². The third kappa shape index (κ3) is 2.54. The van der Waals surface area contributed by atoms with Gasteiger partial charge in [-0.25, -0.2) is 4.98 Å². The van der Waals surface area contributed by atoms with Crippen LogP contribution >= 0.6 is 11.6 Å². The number of imidazole rings is 1. The van der Waals surface area contributed by atoms with Crippen molar-refractivity contribution in [3.05, 3.63) is 18.2 Å². The number of aryl methyl sites for hydroxylation is 2. The van der Waals surface area contributed by atoms with Gasteiger partial charge < -0.3 is 4.57 Å². The first kappa shape index (κ1) is 8.60. The van der Waals surface area contributed by atoms with E-state index in [-0.39, 0.29) is 0 Å². The fourth-order valence-corrected chi connectivity index (χ4v) is 1.20. The lowest BCUT2D eigenvalue weighted by Gasteiger charge is -1.98. The van der Waals surface area contributed by atoms with Crippen LogP contribution < -0.4 is 0 Å². The van der Waals surface area contributed by atoms with E-state index in [1.807, 2.05) is 24.0 Å². The summed E-state index contributed by atoms with van der Waals surface area (Å²) >= 11 is 5.55. The topological polar surface area (TPSA) is 17.8 Å². The Morgan fingerprint density at radius 2 is 2.36 bits per heavy atom. The monoisotopic (exact) mass is 172 g/mol. The fourth-order valence-electron chi connectivity index (χ4n) is 1.01. The predicted molar refractivity (Wildman–Crippen MR) is 46.9 cm³/mol. The van der Waals surface area contributed by atoms with Crippen molar-refractivity contribution in [1.82, 2.24) is 9.55 Å². The van der Waals surface area contributed by atoms with Crippen LogP contribution in [0.1, 0.15) is 18.7 Å². The zero-order chi connectivity index (χ0) is 8.10. The molecule has 0 atom stereocenters. The molecule has 1 rings (SSSR count). The van der Waals surface area contributed by atoms with Gasteiger partial charge in [-0.1, -0.05) is 0 Å². The van der Waals surface area contributed by atoms with Gasteiger partial charge in [-0.2, -0.15) is 0 Å². The van der Waals surface area contributed by atoms with Gasteiger partial charge in [0, 0.05) is 31.7 Å². The van der Waals surface area contributed by atoms with Gasteiger partial charge in [-0.05, 0) is 12.8 Å². The number of halogens is 1. The smallest absolute Gasteiger partial charge is 0.108 e. The number of aromatic nitrogens is 2. The van der Waals surface area contributed by atoms with Crippen LogP contribution in [0.3, 0.4) is 0 Å². The standard InChI is InChI=1S/C8H13ClN2/c1-11-7-6-10-8(11)4-2-3-5-9/h6-7H,2-5H2,1H3. The number of hydrogen-bond acceptors (Lipinski definition) is 1. The minimum atomic E-state index is 0.754. The molecule has 0 aliphatic carbocycles. The molecule has 0 bridgehead atoms. The van der Waals surface area contributed by atoms with Gasteiger partial charge in [-0.3, -0.25) is 0 Å². The molecule has 0 fully saturated rings. The minimum absolute atomic E-state index is 0.754. The summed E-state index contributed by atoms with van der Waals surface area (Å²) in [5.41, 5.74) is 0. The molecule has 0 aliphatic heterocycles. The van der Waals surface area contributed by atoms with Gasteiger partial charge in [0.2, 0.25) is 0 Å². The molecule has 0 N–H and O–H groups in total. The van der Waals surface area contributed by atoms with Gasteiger partial charge in [0.05, 0.1) is 0 Å². The summed E-state index contributed by atoms with van der Waals surface area (Å²) < 4.78 is 2.05. The normalized spacial score (nSPS) is 10.4. The molecule has 11 heavy (non-hydrogen) atoms. The highest BCUT2D eigenvalue weighted by Gasteiger charge is 1.96. The van der Waals surface area contributed by atoms with Gasteiger partial charge in [0.25, 0.3) is 0 Å². The summed E-state index contributed by atoms with van der Waals surface area (Å²) in [4.78, 5) is 4.21. The highest BCUT2D eigenvalue weighted by molar-refractivity contribution is 6.17. The number of nitrogens with zero attached hydrogens (tertiary/aromatic N) is 2. The minimum Gasteiger partial charge on any atom is -0.338 e. The second-order valence-electron chi connectivity index (χ2n) is 2.60. The van der Waals surface area contributed by atoms with Crippen LogP contribution in [0.2, 0.25) is 0 Å². The predicted octanol–water partition coefficient (Wildman–Crippen LogP) is 1.98. The van der Waals surface area contributed by atoms with Crippen LogP contribution in [0.15, 0.2) is 12.4 Å². The molecule has 0 radical (unpaired) electrons. The van der Waals surface area contributed by atoms with E-state index in [0.717, 1.165) is 31.0 Å². The highest BCUT2D eigenvalue weighted by Crippen LogP contribution is 2.01. The van der Waals surface area contributed by atoms with Crippen LogP contribution in [-0.2, 0) is 13.5 Å². The number of alkyl halides is 1. The third-order valence-corrected chi connectivity index (χ3v) is 1.97. The van der Waals surface area contributed by atoms with Crippen molar-refractivity contribution in [2.75, 3.05) is 5.88 Å². The molecule has 3 heteroatoms. The van der Waals surface area contributed by atoms with E-state index in [1.165, 1.54) is 0 Å². The van der Waals surface area contributed by atoms with Crippen molar-refractivity contribution >= 4 is 11.6 Å². The molecule has 1 aromatic rings. The maximum absolute atomic E-state index is 5.55. The van der Waals surface area contributed by atoms with Crippen molar-refractivity contribution in [3.63, 3.8) is 0 Å². The molecule has 0 unspecified atom stereocenters. The summed E-state index contributed by atoms with van der Waals surface area (Å²) in [6.07, 6.45) is 7.05. The molecular weight excluding hydrogens is 160 g/mol. The van der Waals surface area contributed by atoms with Crippen molar-refractivity contribution in [2.45, 2.75) is 19.3 Å². The maximum atomic E-state index is 5.55. The molecule has 2 nitrogen and oxygen atoms in total. The summed E-state index contributed by atoms with van der Waals surface area (Å²) in [6, 6.07) is 0. The van der Waals surface area contributed by atoms with Crippen LogP contribution in [0.4, 0.5) is 0 Å². The largest absolute Gasteiger partial charge is 0.338 e. The third-order valence-electron chi connectivity index (χ3n) is 1.70. The van der Waals surface area contributed by atoms with Gasteiger partial charge in [0.15, 0.2) is 0 Å². The first-order valence-corrected chi connectivity index (χ1v) is 4.40. The average Bonchev–Trinajstić information content (AvgIpc) is 2.37. The zero-order valence-electron chi connectivity index (χ0n) is 6.76. The molecule has 0 spiro atoms. The van der Waals surface area contributed by atoms with E-state index in [9.17, 15) is 0 Å². The molecule has 0 aliphatic rings. The van der Waals surface area contributed by atoms with Crippen LogP contribution in [0.25, 0.3) is 0 Å². The molecule has 0 saturated heterocycles. The Bertz CT molecular complexity index is 208. The number of hydrogen-bond donors (Lipinski definition) is 0. The van der Waals surface area contributed by atoms with E-state index in [2.05, 4.69) is 4.98 Å². The van der Waals surface area contributed by atoms with Gasteiger partial charge in [0.1, 0.15) is 5.82 Å². The summed E-state index contributed by atoms with van der Waals surface area (Å²) in [6.45, 7) is 0. The van der Waals surface area contributed by atoms with Gasteiger partial charge >= 0.3 is 0 Å². The Morgan fingerprint density at radius 3 is 2.91 bits per heavy atom. The molecule has 0 saturated carbocycles. The lowest BCUT2D eigenvalue weighted by Crippen LogP contribution is -1.97. The number of rotatable bonds is 4. The summed E-state index contributed by atoms with van der Waals surface area (Å²) in [5.74, 6) is 1.90. The lowest BCUT2D eigenvalue weighted by atomic mass is 10.2. The number of unbranched alkanes of at least 4 members (excludes halogenated alkanes) is 1. The zero-order valence-corrected chi connectivity index (χ0v) is 7.51. The molecule has 0 aromatic carbocycles. The highest BCUT2D eigenvalue weighted by atomic mass is 35.5. The Kier molecular flexibility index (Phi) is 3.43. The quantitative estimate of drug-likeness (QED) is 0.502. The van der Waals surface area contributed by atoms with E-state index in [1.54, 1.807) is 0 Å². The molecule has 1 aromatic heterocycles. The maximum Gasteiger partial charge on any atom is 0.108 e. The Labute approximate surface area is 72.2 Å². The summed E-state index contributed by atoms with van der Waals surface area (Å²) in [7, 11) is 2.02. The lowest BCUT2D eigenvalue weighted by molar-refractivity contribution is 0.714. The van der Waals surface area contributed by atoms with E-state index in [0.29, 0.717) is 0 Å². The molecular formula is C8H13ClN2. The fraction of sp³-hybridized carbons (Fsp3) is 0.625.